The molecule has 2 aromatic rings. The highest BCUT2D eigenvalue weighted by Crippen LogP contribution is 2.29. The third-order valence-electron chi connectivity index (χ3n) is 4.28. The quantitative estimate of drug-likeness (QED) is 0.752. The summed E-state index contributed by atoms with van der Waals surface area (Å²) in [5, 5.41) is 5.06. The lowest BCUT2D eigenvalue weighted by molar-refractivity contribution is -0.143. The summed E-state index contributed by atoms with van der Waals surface area (Å²) in [5.74, 6) is 1.28. The summed E-state index contributed by atoms with van der Waals surface area (Å²) in [7, 11) is 0. The SMILES string of the molecule is CCOC(=O)CCc1nc(N2CCCCC2)c2c(CC)noc2n1. The molecule has 0 radical (unpaired) electrons. The number of hydrogen-bond acceptors (Lipinski definition) is 7. The minimum Gasteiger partial charge on any atom is -0.466 e. The molecular weight excluding hydrogens is 308 g/mol. The van der Waals surface area contributed by atoms with E-state index in [1.165, 1.54) is 6.42 Å². The van der Waals surface area contributed by atoms with Crippen LogP contribution in [-0.2, 0) is 22.4 Å². The number of hydrogen-bond donors (Lipinski definition) is 0. The van der Waals surface area contributed by atoms with E-state index in [1.54, 1.807) is 6.92 Å². The molecule has 0 unspecified atom stereocenters. The first-order chi connectivity index (χ1) is 11.7. The zero-order valence-electron chi connectivity index (χ0n) is 14.4. The minimum atomic E-state index is -0.229. The average molecular weight is 332 g/mol. The van der Waals surface area contributed by atoms with Crippen LogP contribution in [0.3, 0.4) is 0 Å². The lowest BCUT2D eigenvalue weighted by Crippen LogP contribution is -2.30. The Bertz CT molecular complexity index is 707. The summed E-state index contributed by atoms with van der Waals surface area (Å²) in [6.45, 7) is 6.21. The monoisotopic (exact) mass is 332 g/mol. The number of aryl methyl sites for hydroxylation is 2. The fourth-order valence-corrected chi connectivity index (χ4v) is 3.07. The minimum absolute atomic E-state index is 0.229. The van der Waals surface area contributed by atoms with Crippen molar-refractivity contribution in [2.45, 2.75) is 52.4 Å². The van der Waals surface area contributed by atoms with Gasteiger partial charge in [-0.1, -0.05) is 12.1 Å². The summed E-state index contributed by atoms with van der Waals surface area (Å²) in [6.07, 6.45) is 5.07. The fourth-order valence-electron chi connectivity index (χ4n) is 3.07. The zero-order valence-corrected chi connectivity index (χ0v) is 14.4. The summed E-state index contributed by atoms with van der Waals surface area (Å²) >= 11 is 0. The Kier molecular flexibility index (Phi) is 5.27. The molecular formula is C17H24N4O3. The molecule has 24 heavy (non-hydrogen) atoms. The van der Waals surface area contributed by atoms with Crippen LogP contribution >= 0.6 is 0 Å². The molecule has 0 N–H and O–H groups in total. The molecule has 0 aromatic carbocycles. The smallest absolute Gasteiger partial charge is 0.306 e. The molecule has 0 amide bonds. The van der Waals surface area contributed by atoms with E-state index in [1.807, 2.05) is 6.92 Å². The number of aromatic nitrogens is 3. The Morgan fingerprint density at radius 2 is 2.00 bits per heavy atom. The maximum absolute atomic E-state index is 11.6. The van der Waals surface area contributed by atoms with Gasteiger partial charge in [0.25, 0.3) is 5.71 Å². The molecule has 7 heteroatoms. The molecule has 3 heterocycles. The van der Waals surface area contributed by atoms with E-state index in [4.69, 9.17) is 14.2 Å². The normalized spacial score (nSPS) is 15.0. The lowest BCUT2D eigenvalue weighted by atomic mass is 10.1. The first kappa shape index (κ1) is 16.7. The maximum atomic E-state index is 11.6. The van der Waals surface area contributed by atoms with Gasteiger partial charge in [0, 0.05) is 19.5 Å². The van der Waals surface area contributed by atoms with E-state index in [2.05, 4.69) is 15.0 Å². The topological polar surface area (TPSA) is 81.4 Å². The largest absolute Gasteiger partial charge is 0.466 e. The number of piperidine rings is 1. The molecule has 1 aliphatic heterocycles. The molecule has 0 spiro atoms. The van der Waals surface area contributed by atoms with Gasteiger partial charge in [-0.05, 0) is 32.6 Å². The molecule has 7 nitrogen and oxygen atoms in total. The number of fused-ring (bicyclic) bond motifs is 1. The Morgan fingerprint density at radius 3 is 2.71 bits per heavy atom. The average Bonchev–Trinajstić information content (AvgIpc) is 3.03. The van der Waals surface area contributed by atoms with Crippen molar-refractivity contribution >= 4 is 22.9 Å². The van der Waals surface area contributed by atoms with Crippen LogP contribution in [0.4, 0.5) is 5.82 Å². The molecule has 1 aliphatic rings. The third-order valence-corrected chi connectivity index (χ3v) is 4.28. The zero-order chi connectivity index (χ0) is 16.9. The molecule has 0 bridgehead atoms. The van der Waals surface area contributed by atoms with Gasteiger partial charge in [0.1, 0.15) is 17.0 Å². The number of nitrogens with zero attached hydrogens (tertiary/aromatic N) is 4. The van der Waals surface area contributed by atoms with E-state index in [0.29, 0.717) is 24.6 Å². The summed E-state index contributed by atoms with van der Waals surface area (Å²) in [5.41, 5.74) is 1.41. The first-order valence-electron chi connectivity index (χ1n) is 8.78. The predicted octanol–water partition coefficient (Wildman–Crippen LogP) is 2.67. The van der Waals surface area contributed by atoms with Gasteiger partial charge in [-0.15, -0.1) is 0 Å². The highest BCUT2D eigenvalue weighted by atomic mass is 16.5. The molecule has 0 atom stereocenters. The summed E-state index contributed by atoms with van der Waals surface area (Å²) in [6, 6.07) is 0. The van der Waals surface area contributed by atoms with Gasteiger partial charge in [0.05, 0.1) is 18.7 Å². The Morgan fingerprint density at radius 1 is 1.21 bits per heavy atom. The maximum Gasteiger partial charge on any atom is 0.306 e. The fraction of sp³-hybridized carbons (Fsp3) is 0.647. The van der Waals surface area contributed by atoms with Crippen LogP contribution in [0, 0.1) is 0 Å². The first-order valence-corrected chi connectivity index (χ1v) is 8.78. The molecule has 0 saturated carbocycles. The highest BCUT2D eigenvalue weighted by molar-refractivity contribution is 5.88. The second-order valence-electron chi connectivity index (χ2n) is 5.98. The van der Waals surface area contributed by atoms with Gasteiger partial charge in [-0.25, -0.2) is 4.98 Å². The van der Waals surface area contributed by atoms with E-state index in [0.717, 1.165) is 49.2 Å². The molecule has 2 aromatic heterocycles. The van der Waals surface area contributed by atoms with Crippen LogP contribution in [0.15, 0.2) is 4.52 Å². The lowest BCUT2D eigenvalue weighted by Gasteiger charge is -2.28. The van der Waals surface area contributed by atoms with Crippen molar-refractivity contribution in [2.75, 3.05) is 24.6 Å². The Balaban J connectivity index is 1.92. The standard InChI is InChI=1S/C17H24N4O3/c1-3-12-15-16(21-10-6-5-7-11-21)18-13(19-17(15)24-20-12)8-9-14(22)23-4-2/h3-11H2,1-2H3. The van der Waals surface area contributed by atoms with Crippen LogP contribution < -0.4 is 4.90 Å². The van der Waals surface area contributed by atoms with E-state index < -0.39 is 0 Å². The van der Waals surface area contributed by atoms with Gasteiger partial charge in [-0.2, -0.15) is 4.98 Å². The van der Waals surface area contributed by atoms with Crippen molar-refractivity contribution < 1.29 is 14.1 Å². The molecule has 0 aliphatic carbocycles. The number of carbonyl (C=O) groups excluding carboxylic acids is 1. The predicted molar refractivity (Wildman–Crippen MR) is 90.0 cm³/mol. The second-order valence-corrected chi connectivity index (χ2v) is 5.98. The summed E-state index contributed by atoms with van der Waals surface area (Å²) in [4.78, 5) is 23.1. The van der Waals surface area contributed by atoms with Gasteiger partial charge >= 0.3 is 5.97 Å². The second kappa shape index (κ2) is 7.59. The number of esters is 1. The number of carbonyl (C=O) groups is 1. The van der Waals surface area contributed by atoms with Crippen molar-refractivity contribution in [3.05, 3.63) is 11.5 Å². The van der Waals surface area contributed by atoms with Crippen LogP contribution in [0.5, 0.6) is 0 Å². The van der Waals surface area contributed by atoms with Crippen molar-refractivity contribution in [3.63, 3.8) is 0 Å². The number of anilines is 1. The van der Waals surface area contributed by atoms with Crippen LogP contribution in [0.2, 0.25) is 0 Å². The van der Waals surface area contributed by atoms with Gasteiger partial charge in [0.2, 0.25) is 0 Å². The van der Waals surface area contributed by atoms with Gasteiger partial charge < -0.3 is 14.2 Å². The summed E-state index contributed by atoms with van der Waals surface area (Å²) < 4.78 is 10.4. The highest BCUT2D eigenvalue weighted by Gasteiger charge is 2.22. The van der Waals surface area contributed by atoms with E-state index in [-0.39, 0.29) is 12.4 Å². The Labute approximate surface area is 141 Å². The van der Waals surface area contributed by atoms with Crippen LogP contribution in [0.1, 0.15) is 51.0 Å². The van der Waals surface area contributed by atoms with Gasteiger partial charge in [-0.3, -0.25) is 4.79 Å². The van der Waals surface area contributed by atoms with Crippen molar-refractivity contribution in [3.8, 4) is 0 Å². The Hall–Kier alpha value is -2.18. The van der Waals surface area contributed by atoms with Crippen LogP contribution in [0.25, 0.3) is 11.1 Å². The van der Waals surface area contributed by atoms with E-state index >= 15 is 0 Å². The third kappa shape index (κ3) is 3.49. The molecule has 3 rings (SSSR count). The van der Waals surface area contributed by atoms with E-state index in [9.17, 15) is 4.79 Å². The van der Waals surface area contributed by atoms with Crippen molar-refractivity contribution in [1.29, 1.82) is 0 Å². The molecule has 1 fully saturated rings. The molecule has 130 valence electrons. The van der Waals surface area contributed by atoms with Gasteiger partial charge in [0.15, 0.2) is 0 Å². The van der Waals surface area contributed by atoms with Crippen LogP contribution in [-0.4, -0.2) is 40.8 Å². The van der Waals surface area contributed by atoms with Crippen molar-refractivity contribution in [1.82, 2.24) is 15.1 Å². The molecule has 1 saturated heterocycles. The number of ether oxygens (including phenoxy) is 1. The van der Waals surface area contributed by atoms with Crippen molar-refractivity contribution in [2.24, 2.45) is 0 Å². The number of rotatable bonds is 6.